The maximum Gasteiger partial charge on any atom is 0.264 e. The molecular formula is C13H16BrClFNO3S. The third-order valence-corrected chi connectivity index (χ3v) is 5.23. The minimum absolute atomic E-state index is 0.0180. The van der Waals surface area contributed by atoms with Crippen molar-refractivity contribution in [3.05, 3.63) is 28.0 Å². The van der Waals surface area contributed by atoms with Gasteiger partial charge < -0.3 is 4.90 Å². The lowest BCUT2D eigenvalue weighted by Gasteiger charge is -2.27. The number of nitrogens with zero attached hydrogens (tertiary/aromatic N) is 1. The third kappa shape index (κ3) is 4.17. The third-order valence-electron chi connectivity index (χ3n) is 3.24. The molecule has 0 spiro atoms. The number of carbonyl (C=O) groups excluding carboxylic acids is 1. The van der Waals surface area contributed by atoms with Crippen LogP contribution in [0, 0.1) is 5.82 Å². The molecule has 1 unspecified atom stereocenters. The van der Waals surface area contributed by atoms with E-state index < -0.39 is 19.8 Å². The standard InChI is InChI=1S/C13H16BrClFNO3S/c1-4-8(3)17(5-2)13(18)9-6-12(21(15,19)20)11(16)7-10(9)14/h6-8H,4-5H2,1-3H3. The molecule has 0 aliphatic carbocycles. The second kappa shape index (κ2) is 7.07. The number of rotatable bonds is 5. The van der Waals surface area contributed by atoms with Gasteiger partial charge in [0.05, 0.1) is 5.56 Å². The molecule has 0 saturated heterocycles. The van der Waals surface area contributed by atoms with Gasteiger partial charge >= 0.3 is 0 Å². The van der Waals surface area contributed by atoms with Gasteiger partial charge in [0, 0.05) is 27.7 Å². The summed E-state index contributed by atoms with van der Waals surface area (Å²) in [5.74, 6) is -1.37. The molecule has 0 aliphatic heterocycles. The van der Waals surface area contributed by atoms with E-state index in [1.165, 1.54) is 0 Å². The number of hydrogen-bond acceptors (Lipinski definition) is 3. The highest BCUT2D eigenvalue weighted by atomic mass is 79.9. The molecule has 21 heavy (non-hydrogen) atoms. The van der Waals surface area contributed by atoms with Crippen molar-refractivity contribution in [2.45, 2.75) is 38.1 Å². The molecule has 0 aliphatic rings. The second-order valence-corrected chi connectivity index (χ2v) is 7.94. The molecule has 1 rings (SSSR count). The van der Waals surface area contributed by atoms with Crippen LogP contribution in [0.3, 0.4) is 0 Å². The van der Waals surface area contributed by atoms with Crippen molar-refractivity contribution in [2.75, 3.05) is 6.54 Å². The minimum atomic E-state index is -4.26. The van der Waals surface area contributed by atoms with Gasteiger partial charge in [0.25, 0.3) is 15.0 Å². The Hall–Kier alpha value is -0.660. The monoisotopic (exact) mass is 399 g/mol. The summed E-state index contributed by atoms with van der Waals surface area (Å²) in [6.07, 6.45) is 0.749. The lowest BCUT2D eigenvalue weighted by molar-refractivity contribution is 0.0698. The van der Waals surface area contributed by atoms with E-state index in [-0.39, 0.29) is 22.0 Å². The fraction of sp³-hybridized carbons (Fsp3) is 0.462. The van der Waals surface area contributed by atoms with Gasteiger partial charge in [-0.25, -0.2) is 12.8 Å². The summed E-state index contributed by atoms with van der Waals surface area (Å²) in [7, 11) is 0.929. The first-order chi connectivity index (χ1) is 9.63. The summed E-state index contributed by atoms with van der Waals surface area (Å²) in [5.41, 5.74) is 0.0674. The van der Waals surface area contributed by atoms with Crippen molar-refractivity contribution in [1.29, 1.82) is 0 Å². The van der Waals surface area contributed by atoms with Gasteiger partial charge in [-0.3, -0.25) is 4.79 Å². The van der Waals surface area contributed by atoms with Crippen LogP contribution in [0.15, 0.2) is 21.5 Å². The lowest BCUT2D eigenvalue weighted by Crippen LogP contribution is -2.38. The minimum Gasteiger partial charge on any atom is -0.336 e. The van der Waals surface area contributed by atoms with Gasteiger partial charge in [-0.2, -0.15) is 0 Å². The highest BCUT2D eigenvalue weighted by molar-refractivity contribution is 9.10. The Morgan fingerprint density at radius 1 is 1.43 bits per heavy atom. The SMILES string of the molecule is CCC(C)N(CC)C(=O)c1cc(S(=O)(=O)Cl)c(F)cc1Br. The van der Waals surface area contributed by atoms with Crippen LogP contribution in [0.25, 0.3) is 0 Å². The average Bonchev–Trinajstić information content (AvgIpc) is 2.37. The fourth-order valence-corrected chi connectivity index (χ4v) is 3.30. The zero-order valence-corrected chi connectivity index (χ0v) is 15.0. The van der Waals surface area contributed by atoms with E-state index in [1.54, 1.807) is 4.90 Å². The summed E-state index contributed by atoms with van der Waals surface area (Å²) >= 11 is 3.09. The van der Waals surface area contributed by atoms with Crippen LogP contribution in [0.5, 0.6) is 0 Å². The highest BCUT2D eigenvalue weighted by Gasteiger charge is 2.25. The van der Waals surface area contributed by atoms with Crippen LogP contribution in [-0.2, 0) is 9.05 Å². The molecule has 1 atom stereocenters. The Bertz CT molecular complexity index is 651. The van der Waals surface area contributed by atoms with Crippen molar-refractivity contribution in [3.8, 4) is 0 Å². The van der Waals surface area contributed by atoms with Gasteiger partial charge in [0.1, 0.15) is 10.7 Å². The summed E-state index contributed by atoms with van der Waals surface area (Å²) in [6.45, 7) is 6.11. The van der Waals surface area contributed by atoms with Gasteiger partial charge in [-0.1, -0.05) is 6.92 Å². The second-order valence-electron chi connectivity index (χ2n) is 4.55. The maximum atomic E-state index is 13.7. The number of benzene rings is 1. The quantitative estimate of drug-likeness (QED) is 0.707. The van der Waals surface area contributed by atoms with Crippen molar-refractivity contribution in [3.63, 3.8) is 0 Å². The largest absolute Gasteiger partial charge is 0.336 e. The first-order valence-corrected chi connectivity index (χ1v) is 9.48. The maximum absolute atomic E-state index is 13.7. The van der Waals surface area contributed by atoms with E-state index >= 15 is 0 Å². The molecule has 1 aromatic rings. The Labute approximate surface area is 136 Å². The van der Waals surface area contributed by atoms with Crippen LogP contribution >= 0.6 is 26.6 Å². The molecule has 1 amide bonds. The van der Waals surface area contributed by atoms with Gasteiger partial charge in [-0.15, -0.1) is 0 Å². The van der Waals surface area contributed by atoms with Crippen molar-refractivity contribution < 1.29 is 17.6 Å². The first-order valence-electron chi connectivity index (χ1n) is 6.38. The molecule has 118 valence electrons. The molecule has 0 aromatic heterocycles. The van der Waals surface area contributed by atoms with E-state index in [1.807, 2.05) is 20.8 Å². The summed E-state index contributed by atoms with van der Waals surface area (Å²) < 4.78 is 36.6. The van der Waals surface area contributed by atoms with Gasteiger partial charge in [-0.05, 0) is 48.3 Å². The average molecular weight is 401 g/mol. The summed E-state index contributed by atoms with van der Waals surface area (Å²) in [6, 6.07) is 1.89. The van der Waals surface area contributed by atoms with E-state index in [9.17, 15) is 17.6 Å². The van der Waals surface area contributed by atoms with Crippen molar-refractivity contribution in [2.24, 2.45) is 0 Å². The summed E-state index contributed by atoms with van der Waals surface area (Å²) in [5, 5.41) is 0. The van der Waals surface area contributed by atoms with E-state index in [0.29, 0.717) is 6.54 Å². The molecule has 0 N–H and O–H groups in total. The molecule has 8 heteroatoms. The smallest absolute Gasteiger partial charge is 0.264 e. The van der Waals surface area contributed by atoms with Crippen molar-refractivity contribution >= 4 is 41.6 Å². The number of hydrogen-bond donors (Lipinski definition) is 0. The topological polar surface area (TPSA) is 54.5 Å². The lowest BCUT2D eigenvalue weighted by atomic mass is 10.1. The van der Waals surface area contributed by atoms with Gasteiger partial charge in [0.15, 0.2) is 0 Å². The molecule has 0 heterocycles. The molecule has 0 bridgehead atoms. The van der Waals surface area contributed by atoms with E-state index in [0.717, 1.165) is 18.6 Å². The molecular weight excluding hydrogens is 385 g/mol. The number of halogens is 3. The molecule has 1 aromatic carbocycles. The van der Waals surface area contributed by atoms with Crippen LogP contribution < -0.4 is 0 Å². The fourth-order valence-electron chi connectivity index (χ4n) is 1.91. The zero-order valence-electron chi connectivity index (χ0n) is 11.9. The normalized spacial score (nSPS) is 13.0. The van der Waals surface area contributed by atoms with Crippen LogP contribution in [-0.4, -0.2) is 31.8 Å². The predicted molar refractivity (Wildman–Crippen MR) is 83.6 cm³/mol. The molecule has 0 radical (unpaired) electrons. The molecule has 0 fully saturated rings. The van der Waals surface area contributed by atoms with Crippen LogP contribution in [0.4, 0.5) is 4.39 Å². The zero-order chi connectivity index (χ0) is 16.4. The Morgan fingerprint density at radius 3 is 2.43 bits per heavy atom. The molecule has 0 saturated carbocycles. The van der Waals surface area contributed by atoms with Crippen LogP contribution in [0.1, 0.15) is 37.6 Å². The highest BCUT2D eigenvalue weighted by Crippen LogP contribution is 2.28. The Morgan fingerprint density at radius 2 is 2.00 bits per heavy atom. The van der Waals surface area contributed by atoms with Gasteiger partial charge in [0.2, 0.25) is 0 Å². The van der Waals surface area contributed by atoms with E-state index in [2.05, 4.69) is 15.9 Å². The van der Waals surface area contributed by atoms with Crippen LogP contribution in [0.2, 0.25) is 0 Å². The molecule has 4 nitrogen and oxygen atoms in total. The number of carbonyl (C=O) groups is 1. The Balaban J connectivity index is 3.40. The first kappa shape index (κ1) is 18.4. The predicted octanol–water partition coefficient (Wildman–Crippen LogP) is 3.78. The number of amides is 1. The summed E-state index contributed by atoms with van der Waals surface area (Å²) in [4.78, 5) is 13.4. The van der Waals surface area contributed by atoms with E-state index in [4.69, 9.17) is 10.7 Å². The van der Waals surface area contributed by atoms with Crippen molar-refractivity contribution in [1.82, 2.24) is 4.90 Å². The Kier molecular flexibility index (Phi) is 6.19.